The van der Waals surface area contributed by atoms with Gasteiger partial charge >= 0.3 is 0 Å². The summed E-state index contributed by atoms with van der Waals surface area (Å²) in [7, 11) is 0. The van der Waals surface area contributed by atoms with E-state index in [9.17, 15) is 9.90 Å². The molecule has 0 aromatic heterocycles. The molecule has 0 bridgehead atoms. The van der Waals surface area contributed by atoms with Crippen LogP contribution in [0.4, 0.5) is 5.69 Å². The van der Waals surface area contributed by atoms with Crippen LogP contribution in [0, 0.1) is 6.92 Å². The maximum absolute atomic E-state index is 12.1. The fourth-order valence-electron chi connectivity index (χ4n) is 2.87. The number of nitrogens with one attached hydrogen (secondary N) is 1. The summed E-state index contributed by atoms with van der Waals surface area (Å²) in [5.41, 5.74) is 1.98. The Kier molecular flexibility index (Phi) is 5.15. The van der Waals surface area contributed by atoms with Crippen molar-refractivity contribution in [2.24, 2.45) is 0 Å². The molecule has 0 saturated carbocycles. The van der Waals surface area contributed by atoms with E-state index in [1.807, 2.05) is 38.1 Å². The molecule has 110 valence electrons. The van der Waals surface area contributed by atoms with E-state index in [1.54, 1.807) is 0 Å². The molecule has 2 atom stereocenters. The second kappa shape index (κ2) is 6.86. The monoisotopic (exact) mass is 276 g/mol. The van der Waals surface area contributed by atoms with Crippen molar-refractivity contribution in [3.8, 4) is 0 Å². The molecule has 1 aliphatic heterocycles. The first-order valence-electron chi connectivity index (χ1n) is 7.33. The first-order valence-corrected chi connectivity index (χ1v) is 7.33. The van der Waals surface area contributed by atoms with Crippen molar-refractivity contribution < 1.29 is 9.90 Å². The van der Waals surface area contributed by atoms with E-state index < -0.39 is 0 Å². The highest BCUT2D eigenvalue weighted by atomic mass is 16.3. The lowest BCUT2D eigenvalue weighted by Gasteiger charge is -2.24. The Morgan fingerprint density at radius 3 is 3.05 bits per heavy atom. The summed E-state index contributed by atoms with van der Waals surface area (Å²) in [6.07, 6.45) is 2.62. The summed E-state index contributed by atoms with van der Waals surface area (Å²) >= 11 is 0. The van der Waals surface area contributed by atoms with E-state index >= 15 is 0 Å². The topological polar surface area (TPSA) is 52.6 Å². The van der Waals surface area contributed by atoms with Crippen LogP contribution in [0.25, 0.3) is 0 Å². The molecule has 1 saturated heterocycles. The lowest BCUT2D eigenvalue weighted by Crippen LogP contribution is -2.38. The number of hydrogen-bond acceptors (Lipinski definition) is 3. The van der Waals surface area contributed by atoms with Crippen LogP contribution >= 0.6 is 0 Å². The third-order valence-electron chi connectivity index (χ3n) is 3.76. The Morgan fingerprint density at radius 1 is 1.55 bits per heavy atom. The number of hydrogen-bond donors (Lipinski definition) is 2. The number of benzene rings is 1. The average Bonchev–Trinajstić information content (AvgIpc) is 2.75. The first kappa shape index (κ1) is 15.0. The van der Waals surface area contributed by atoms with Gasteiger partial charge in [-0.3, -0.25) is 9.69 Å². The van der Waals surface area contributed by atoms with Crippen molar-refractivity contribution >= 4 is 11.6 Å². The van der Waals surface area contributed by atoms with Gasteiger partial charge in [0.2, 0.25) is 5.91 Å². The van der Waals surface area contributed by atoms with Crippen LogP contribution in [0.5, 0.6) is 0 Å². The molecule has 1 aromatic rings. The van der Waals surface area contributed by atoms with Gasteiger partial charge in [0.05, 0.1) is 12.6 Å². The third-order valence-corrected chi connectivity index (χ3v) is 3.76. The van der Waals surface area contributed by atoms with Crippen LogP contribution in [-0.2, 0) is 4.79 Å². The molecule has 4 nitrogen and oxygen atoms in total. The quantitative estimate of drug-likeness (QED) is 0.866. The fourth-order valence-corrected chi connectivity index (χ4v) is 2.87. The van der Waals surface area contributed by atoms with Crippen LogP contribution in [-0.4, -0.2) is 41.1 Å². The van der Waals surface area contributed by atoms with E-state index in [0.29, 0.717) is 12.6 Å². The van der Waals surface area contributed by atoms with Gasteiger partial charge in [0.15, 0.2) is 0 Å². The van der Waals surface area contributed by atoms with Crippen molar-refractivity contribution in [2.75, 3.05) is 18.4 Å². The summed E-state index contributed by atoms with van der Waals surface area (Å²) in [6.45, 7) is 5.17. The second-order valence-electron chi connectivity index (χ2n) is 5.77. The van der Waals surface area contributed by atoms with Gasteiger partial charge in [-0.15, -0.1) is 0 Å². The van der Waals surface area contributed by atoms with Crippen molar-refractivity contribution in [3.05, 3.63) is 29.8 Å². The Morgan fingerprint density at radius 2 is 2.35 bits per heavy atom. The summed E-state index contributed by atoms with van der Waals surface area (Å²) in [5.74, 6) is 0.0214. The van der Waals surface area contributed by atoms with Gasteiger partial charge in [0, 0.05) is 11.7 Å². The standard InChI is InChI=1S/C16H24N2O2/c1-12-5-3-6-14(9-12)17-16(20)11-18-8-4-7-15(18)10-13(2)19/h3,5-6,9,13,15,19H,4,7-8,10-11H2,1-2H3,(H,17,20). The van der Waals surface area contributed by atoms with Crippen molar-refractivity contribution in [3.63, 3.8) is 0 Å². The number of rotatable bonds is 5. The Labute approximate surface area is 120 Å². The van der Waals surface area contributed by atoms with Gasteiger partial charge in [-0.25, -0.2) is 0 Å². The molecule has 0 radical (unpaired) electrons. The highest BCUT2D eigenvalue weighted by Crippen LogP contribution is 2.21. The minimum Gasteiger partial charge on any atom is -0.393 e. The van der Waals surface area contributed by atoms with E-state index in [4.69, 9.17) is 0 Å². The van der Waals surface area contributed by atoms with Crippen LogP contribution in [0.2, 0.25) is 0 Å². The van der Waals surface area contributed by atoms with Gasteiger partial charge in [0.1, 0.15) is 0 Å². The minimum absolute atomic E-state index is 0.0214. The molecule has 0 aliphatic carbocycles. The van der Waals surface area contributed by atoms with Gasteiger partial charge in [-0.1, -0.05) is 12.1 Å². The van der Waals surface area contributed by atoms with Gasteiger partial charge in [-0.2, -0.15) is 0 Å². The molecular weight excluding hydrogens is 252 g/mol. The molecule has 20 heavy (non-hydrogen) atoms. The molecule has 1 heterocycles. The first-order chi connectivity index (χ1) is 9.54. The Balaban J connectivity index is 1.87. The largest absolute Gasteiger partial charge is 0.393 e. The molecule has 1 fully saturated rings. The molecular formula is C16H24N2O2. The summed E-state index contributed by atoms with van der Waals surface area (Å²) < 4.78 is 0. The lowest BCUT2D eigenvalue weighted by atomic mass is 10.1. The Hall–Kier alpha value is -1.39. The zero-order chi connectivity index (χ0) is 14.5. The minimum atomic E-state index is -0.305. The number of amides is 1. The van der Waals surface area contributed by atoms with Crippen LogP contribution in [0.1, 0.15) is 31.7 Å². The summed E-state index contributed by atoms with van der Waals surface area (Å²) in [5, 5.41) is 12.4. The molecule has 0 spiro atoms. The fraction of sp³-hybridized carbons (Fsp3) is 0.562. The molecule has 1 amide bonds. The maximum Gasteiger partial charge on any atom is 0.238 e. The van der Waals surface area contributed by atoms with Gasteiger partial charge < -0.3 is 10.4 Å². The van der Waals surface area contributed by atoms with Crippen LogP contribution < -0.4 is 5.32 Å². The second-order valence-corrected chi connectivity index (χ2v) is 5.77. The zero-order valence-corrected chi connectivity index (χ0v) is 12.3. The predicted molar refractivity (Wildman–Crippen MR) is 80.7 cm³/mol. The smallest absolute Gasteiger partial charge is 0.238 e. The van der Waals surface area contributed by atoms with Crippen LogP contribution in [0.15, 0.2) is 24.3 Å². The number of carbonyl (C=O) groups excluding carboxylic acids is 1. The molecule has 2 unspecified atom stereocenters. The number of likely N-dealkylation sites (tertiary alicyclic amines) is 1. The van der Waals surface area contributed by atoms with Crippen molar-refractivity contribution in [2.45, 2.75) is 45.3 Å². The van der Waals surface area contributed by atoms with E-state index in [-0.39, 0.29) is 12.0 Å². The average molecular weight is 276 g/mol. The molecule has 1 aromatic carbocycles. The predicted octanol–water partition coefficient (Wildman–Crippen LogP) is 2.17. The molecule has 1 aliphatic rings. The molecule has 4 heteroatoms. The number of aliphatic hydroxyl groups is 1. The van der Waals surface area contributed by atoms with E-state index in [1.165, 1.54) is 0 Å². The number of aliphatic hydroxyl groups excluding tert-OH is 1. The van der Waals surface area contributed by atoms with Crippen LogP contribution in [0.3, 0.4) is 0 Å². The SMILES string of the molecule is Cc1cccc(NC(=O)CN2CCCC2CC(C)O)c1. The number of anilines is 1. The normalized spacial score (nSPS) is 20.9. The lowest BCUT2D eigenvalue weighted by molar-refractivity contribution is -0.117. The van der Waals surface area contributed by atoms with Gasteiger partial charge in [-0.05, 0) is 57.4 Å². The highest BCUT2D eigenvalue weighted by molar-refractivity contribution is 5.92. The highest BCUT2D eigenvalue weighted by Gasteiger charge is 2.27. The summed E-state index contributed by atoms with van der Waals surface area (Å²) in [4.78, 5) is 14.3. The zero-order valence-electron chi connectivity index (χ0n) is 12.3. The maximum atomic E-state index is 12.1. The number of aryl methyl sites for hydroxylation is 1. The van der Waals surface area contributed by atoms with Gasteiger partial charge in [0.25, 0.3) is 0 Å². The molecule has 2 N–H and O–H groups in total. The third kappa shape index (κ3) is 4.32. The Bertz CT molecular complexity index is 460. The van der Waals surface area contributed by atoms with E-state index in [0.717, 1.165) is 37.1 Å². The molecule has 2 rings (SSSR count). The van der Waals surface area contributed by atoms with E-state index in [2.05, 4.69) is 10.2 Å². The number of nitrogens with zero attached hydrogens (tertiary/aromatic N) is 1. The van der Waals surface area contributed by atoms with Crippen molar-refractivity contribution in [1.29, 1.82) is 0 Å². The summed E-state index contributed by atoms with van der Waals surface area (Å²) in [6, 6.07) is 8.15. The van der Waals surface area contributed by atoms with Crippen molar-refractivity contribution in [1.82, 2.24) is 4.90 Å². The number of carbonyl (C=O) groups is 1.